The molecule has 0 aromatic heterocycles. The van der Waals surface area contributed by atoms with Gasteiger partial charge in [-0.15, -0.1) is 0 Å². The average molecular weight is 222 g/mol. The maximum atomic E-state index is 13.5. The number of nitriles is 1. The minimum Gasteiger partial charge on any atom is -0.472 e. The number of nitrogens with zero attached hydrogens (tertiary/aromatic N) is 1. The quantitative estimate of drug-likeness (QED) is 0.830. The Bertz CT molecular complexity index is 387. The number of rotatable bonds is 5. The smallest absolute Gasteiger partial charge is 0.181 e. The monoisotopic (exact) mass is 222 g/mol. The first-order valence-electron chi connectivity index (χ1n) is 5.23. The lowest BCUT2D eigenvalue weighted by Crippen LogP contribution is -2.16. The molecule has 0 saturated carbocycles. The third-order valence-corrected chi connectivity index (χ3v) is 2.09. The lowest BCUT2D eigenvalue weighted by Gasteiger charge is -2.13. The van der Waals surface area contributed by atoms with Gasteiger partial charge in [0.05, 0.1) is 0 Å². The summed E-state index contributed by atoms with van der Waals surface area (Å²) in [5.74, 6) is -0.269. The summed E-state index contributed by atoms with van der Waals surface area (Å²) in [5, 5.41) is 11.7. The van der Waals surface area contributed by atoms with Gasteiger partial charge in [-0.05, 0) is 19.5 Å². The Morgan fingerprint density at radius 3 is 2.94 bits per heavy atom. The minimum atomic E-state index is -0.655. The van der Waals surface area contributed by atoms with Crippen LogP contribution in [0.15, 0.2) is 18.2 Å². The molecule has 86 valence electrons. The molecule has 1 aromatic carbocycles. The molecule has 0 spiro atoms. The predicted octanol–water partition coefficient (Wildman–Crippen LogP) is 2.23. The predicted molar refractivity (Wildman–Crippen MR) is 59.5 cm³/mol. The lowest BCUT2D eigenvalue weighted by atomic mass is 10.2. The van der Waals surface area contributed by atoms with Gasteiger partial charge in [-0.1, -0.05) is 19.1 Å². The number of nitrogens with one attached hydrogen (secondary N) is 1. The zero-order valence-corrected chi connectivity index (χ0v) is 9.46. The summed E-state index contributed by atoms with van der Waals surface area (Å²) < 4.78 is 18.8. The van der Waals surface area contributed by atoms with Crippen LogP contribution in [0.3, 0.4) is 0 Å². The Morgan fingerprint density at radius 2 is 2.31 bits per heavy atom. The molecule has 0 bridgehead atoms. The van der Waals surface area contributed by atoms with Crippen molar-refractivity contribution in [1.82, 2.24) is 5.32 Å². The number of benzene rings is 1. The fourth-order valence-corrected chi connectivity index (χ4v) is 1.29. The van der Waals surface area contributed by atoms with E-state index in [-0.39, 0.29) is 5.75 Å². The molecule has 0 aliphatic rings. The van der Waals surface area contributed by atoms with Crippen molar-refractivity contribution < 1.29 is 9.13 Å². The Balaban J connectivity index is 2.90. The number of hydrogen-bond donors (Lipinski definition) is 1. The van der Waals surface area contributed by atoms with E-state index < -0.39 is 11.9 Å². The van der Waals surface area contributed by atoms with Crippen molar-refractivity contribution in [3.63, 3.8) is 0 Å². The molecule has 0 amide bonds. The van der Waals surface area contributed by atoms with Crippen LogP contribution >= 0.6 is 0 Å². The highest BCUT2D eigenvalue weighted by atomic mass is 19.1. The molecule has 0 saturated heterocycles. The van der Waals surface area contributed by atoms with E-state index in [4.69, 9.17) is 10.00 Å². The molecule has 0 heterocycles. The second-order valence-corrected chi connectivity index (χ2v) is 3.40. The molecule has 0 aliphatic carbocycles. The number of ether oxygens (including phenoxy) is 1. The molecule has 1 rings (SSSR count). The van der Waals surface area contributed by atoms with E-state index in [1.807, 2.05) is 13.0 Å². The van der Waals surface area contributed by atoms with Crippen LogP contribution in [0.1, 0.15) is 19.4 Å². The maximum Gasteiger partial charge on any atom is 0.181 e. The second kappa shape index (κ2) is 6.09. The van der Waals surface area contributed by atoms with Crippen LogP contribution in [0.5, 0.6) is 5.75 Å². The number of halogens is 1. The molecule has 16 heavy (non-hydrogen) atoms. The van der Waals surface area contributed by atoms with E-state index in [0.29, 0.717) is 6.54 Å². The molecule has 3 nitrogen and oxygen atoms in total. The topological polar surface area (TPSA) is 45.0 Å². The van der Waals surface area contributed by atoms with Crippen molar-refractivity contribution in [2.75, 3.05) is 6.54 Å². The van der Waals surface area contributed by atoms with Gasteiger partial charge in [0.1, 0.15) is 6.07 Å². The fraction of sp³-hybridized carbons (Fsp3) is 0.417. The highest BCUT2D eigenvalue weighted by Crippen LogP contribution is 2.23. The fourth-order valence-electron chi connectivity index (χ4n) is 1.29. The molecule has 4 heteroatoms. The summed E-state index contributed by atoms with van der Waals surface area (Å²) in [6.45, 7) is 4.88. The molecular weight excluding hydrogens is 207 g/mol. The Kier molecular flexibility index (Phi) is 4.74. The molecule has 1 atom stereocenters. The third kappa shape index (κ3) is 3.21. The summed E-state index contributed by atoms with van der Waals surface area (Å²) in [7, 11) is 0. The number of hydrogen-bond acceptors (Lipinski definition) is 3. The summed E-state index contributed by atoms with van der Waals surface area (Å²) in [6.07, 6.45) is -0.655. The van der Waals surface area contributed by atoms with Gasteiger partial charge in [-0.25, -0.2) is 4.39 Å². The number of para-hydroxylation sites is 1. The molecule has 0 radical (unpaired) electrons. The second-order valence-electron chi connectivity index (χ2n) is 3.40. The first-order valence-corrected chi connectivity index (χ1v) is 5.23. The molecule has 0 aliphatic heterocycles. The SMILES string of the molecule is CCNCc1cccc(F)c1OC(C)C#N. The Morgan fingerprint density at radius 1 is 1.56 bits per heavy atom. The van der Waals surface area contributed by atoms with Crippen LogP contribution in [-0.2, 0) is 6.54 Å². The summed E-state index contributed by atoms with van der Waals surface area (Å²) in [4.78, 5) is 0. The van der Waals surface area contributed by atoms with Gasteiger partial charge >= 0.3 is 0 Å². The first-order chi connectivity index (χ1) is 7.69. The van der Waals surface area contributed by atoms with Crippen molar-refractivity contribution in [2.24, 2.45) is 0 Å². The Labute approximate surface area is 94.8 Å². The highest BCUT2D eigenvalue weighted by Gasteiger charge is 2.12. The van der Waals surface area contributed by atoms with Crippen LogP contribution in [0.2, 0.25) is 0 Å². The Hall–Kier alpha value is -1.60. The summed E-state index contributed by atoms with van der Waals surface area (Å²) in [5.41, 5.74) is 0.726. The van der Waals surface area contributed by atoms with Crippen molar-refractivity contribution in [3.05, 3.63) is 29.6 Å². The van der Waals surface area contributed by atoms with E-state index >= 15 is 0 Å². The van der Waals surface area contributed by atoms with Gasteiger partial charge in [0.15, 0.2) is 17.7 Å². The van der Waals surface area contributed by atoms with Crippen LogP contribution in [-0.4, -0.2) is 12.6 Å². The van der Waals surface area contributed by atoms with Gasteiger partial charge in [0.25, 0.3) is 0 Å². The van der Waals surface area contributed by atoms with E-state index in [0.717, 1.165) is 12.1 Å². The molecular formula is C12H15FN2O. The van der Waals surface area contributed by atoms with Crippen LogP contribution in [0.4, 0.5) is 4.39 Å². The van der Waals surface area contributed by atoms with Crippen molar-refractivity contribution in [1.29, 1.82) is 5.26 Å². The van der Waals surface area contributed by atoms with Gasteiger partial charge < -0.3 is 10.1 Å². The first kappa shape index (κ1) is 12.5. The van der Waals surface area contributed by atoms with Gasteiger partial charge in [-0.3, -0.25) is 0 Å². The summed E-state index contributed by atoms with van der Waals surface area (Å²) in [6, 6.07) is 6.66. The highest BCUT2D eigenvalue weighted by molar-refractivity contribution is 5.35. The zero-order chi connectivity index (χ0) is 12.0. The van der Waals surface area contributed by atoms with Crippen molar-refractivity contribution in [2.45, 2.75) is 26.5 Å². The van der Waals surface area contributed by atoms with Gasteiger partial charge in [0.2, 0.25) is 0 Å². The van der Waals surface area contributed by atoms with Gasteiger partial charge in [-0.2, -0.15) is 5.26 Å². The van der Waals surface area contributed by atoms with Crippen LogP contribution in [0.25, 0.3) is 0 Å². The zero-order valence-electron chi connectivity index (χ0n) is 9.46. The molecule has 1 unspecified atom stereocenters. The molecule has 1 aromatic rings. The average Bonchev–Trinajstić information content (AvgIpc) is 2.29. The van der Waals surface area contributed by atoms with E-state index in [1.54, 1.807) is 19.1 Å². The molecule has 1 N–H and O–H groups in total. The maximum absolute atomic E-state index is 13.5. The normalized spacial score (nSPS) is 11.9. The van der Waals surface area contributed by atoms with Crippen LogP contribution < -0.4 is 10.1 Å². The lowest BCUT2D eigenvalue weighted by molar-refractivity contribution is 0.259. The van der Waals surface area contributed by atoms with Crippen LogP contribution in [0, 0.1) is 17.1 Å². The molecule has 0 fully saturated rings. The van der Waals surface area contributed by atoms with Gasteiger partial charge in [0, 0.05) is 12.1 Å². The minimum absolute atomic E-state index is 0.164. The standard InChI is InChI=1S/C12H15FN2O/c1-3-15-8-10-5-4-6-11(13)12(10)16-9(2)7-14/h4-6,9,15H,3,8H2,1-2H3. The van der Waals surface area contributed by atoms with Crippen molar-refractivity contribution in [3.8, 4) is 11.8 Å². The van der Waals surface area contributed by atoms with Crippen molar-refractivity contribution >= 4 is 0 Å². The van der Waals surface area contributed by atoms with E-state index in [9.17, 15) is 4.39 Å². The van der Waals surface area contributed by atoms with E-state index in [1.165, 1.54) is 6.07 Å². The largest absolute Gasteiger partial charge is 0.472 e. The summed E-state index contributed by atoms with van der Waals surface area (Å²) >= 11 is 0. The third-order valence-electron chi connectivity index (χ3n) is 2.09. The van der Waals surface area contributed by atoms with E-state index in [2.05, 4.69) is 5.32 Å².